The van der Waals surface area contributed by atoms with Gasteiger partial charge in [0, 0.05) is 5.56 Å². The summed E-state index contributed by atoms with van der Waals surface area (Å²) >= 11 is 0. The van der Waals surface area contributed by atoms with Crippen LogP contribution in [0.1, 0.15) is 40.4 Å². The summed E-state index contributed by atoms with van der Waals surface area (Å²) in [4.78, 5) is 36.0. The van der Waals surface area contributed by atoms with Gasteiger partial charge in [-0.3, -0.25) is 9.59 Å². The molecule has 0 saturated carbocycles. The lowest BCUT2D eigenvalue weighted by Crippen LogP contribution is -2.35. The maximum absolute atomic E-state index is 12.5. The summed E-state index contributed by atoms with van der Waals surface area (Å²) in [7, 11) is 0. The van der Waals surface area contributed by atoms with E-state index in [1.54, 1.807) is 6.92 Å². The van der Waals surface area contributed by atoms with Gasteiger partial charge in [-0.15, -0.1) is 0 Å². The SMILES string of the molecule is CCOC(=O)C(=O)C1CCc2c(C)ccc(C)c2C1=O. The number of Topliss-reactive ketones (excluding diaryl/α,β-unsaturated/α-hetero) is 2. The van der Waals surface area contributed by atoms with Crippen LogP contribution < -0.4 is 0 Å². The standard InChI is InChI=1S/C16H18O4/c1-4-20-16(19)15(18)12-8-7-11-9(2)5-6-10(3)13(11)14(12)17/h5-6,12H,4,7-8H2,1-3H3. The molecule has 0 radical (unpaired) electrons. The molecule has 0 heterocycles. The van der Waals surface area contributed by atoms with Crippen molar-refractivity contribution < 1.29 is 19.1 Å². The van der Waals surface area contributed by atoms with Crippen molar-refractivity contribution in [3.8, 4) is 0 Å². The largest absolute Gasteiger partial charge is 0.460 e. The number of carbonyl (C=O) groups is 3. The molecule has 0 bridgehead atoms. The molecule has 2 rings (SSSR count). The number of hydrogen-bond acceptors (Lipinski definition) is 4. The quantitative estimate of drug-likeness (QED) is 0.481. The van der Waals surface area contributed by atoms with Gasteiger partial charge < -0.3 is 4.74 Å². The van der Waals surface area contributed by atoms with Crippen LogP contribution in [0.2, 0.25) is 0 Å². The van der Waals surface area contributed by atoms with E-state index in [2.05, 4.69) is 0 Å². The molecular weight excluding hydrogens is 256 g/mol. The summed E-state index contributed by atoms with van der Waals surface area (Å²) in [5, 5.41) is 0. The second kappa shape index (κ2) is 5.57. The van der Waals surface area contributed by atoms with Crippen LogP contribution in [0.5, 0.6) is 0 Å². The van der Waals surface area contributed by atoms with E-state index in [9.17, 15) is 14.4 Å². The molecule has 1 aliphatic rings. The molecule has 1 atom stereocenters. The van der Waals surface area contributed by atoms with Crippen molar-refractivity contribution in [1.29, 1.82) is 0 Å². The number of rotatable bonds is 3. The van der Waals surface area contributed by atoms with Crippen molar-refractivity contribution in [2.45, 2.75) is 33.6 Å². The van der Waals surface area contributed by atoms with Crippen molar-refractivity contribution in [3.63, 3.8) is 0 Å². The molecule has 4 nitrogen and oxygen atoms in total. The lowest BCUT2D eigenvalue weighted by atomic mass is 9.77. The van der Waals surface area contributed by atoms with E-state index in [0.29, 0.717) is 18.4 Å². The van der Waals surface area contributed by atoms with Crippen LogP contribution in [0.25, 0.3) is 0 Å². The molecule has 0 fully saturated rings. The number of aryl methyl sites for hydroxylation is 2. The third-order valence-corrected chi connectivity index (χ3v) is 3.79. The molecule has 0 aromatic heterocycles. The molecule has 0 amide bonds. The first-order chi connectivity index (χ1) is 9.47. The second-order valence-electron chi connectivity index (χ2n) is 5.09. The third kappa shape index (κ3) is 2.38. The maximum atomic E-state index is 12.5. The van der Waals surface area contributed by atoms with Gasteiger partial charge in [0.2, 0.25) is 0 Å². The Morgan fingerprint density at radius 3 is 2.55 bits per heavy atom. The Labute approximate surface area is 118 Å². The van der Waals surface area contributed by atoms with Gasteiger partial charge in [0.15, 0.2) is 5.78 Å². The van der Waals surface area contributed by atoms with E-state index >= 15 is 0 Å². The fourth-order valence-corrected chi connectivity index (χ4v) is 2.72. The van der Waals surface area contributed by atoms with Gasteiger partial charge in [-0.25, -0.2) is 4.79 Å². The predicted octanol–water partition coefficient (Wildman–Crippen LogP) is 2.18. The number of ether oxygens (including phenoxy) is 1. The van der Waals surface area contributed by atoms with Crippen molar-refractivity contribution in [3.05, 3.63) is 34.4 Å². The summed E-state index contributed by atoms with van der Waals surface area (Å²) in [5.74, 6) is -2.75. The molecule has 1 aromatic rings. The Balaban J connectivity index is 2.35. The molecule has 1 aliphatic carbocycles. The smallest absolute Gasteiger partial charge is 0.375 e. The van der Waals surface area contributed by atoms with Gasteiger partial charge in [0.1, 0.15) is 0 Å². The molecule has 0 aliphatic heterocycles. The van der Waals surface area contributed by atoms with Crippen LogP contribution in [-0.2, 0) is 20.7 Å². The zero-order chi connectivity index (χ0) is 14.9. The Bertz CT molecular complexity index is 586. The number of benzene rings is 1. The van der Waals surface area contributed by atoms with Crippen molar-refractivity contribution >= 4 is 17.5 Å². The van der Waals surface area contributed by atoms with E-state index in [1.165, 1.54) is 0 Å². The monoisotopic (exact) mass is 274 g/mol. The highest BCUT2D eigenvalue weighted by Crippen LogP contribution is 2.31. The molecule has 0 spiro atoms. The lowest BCUT2D eigenvalue weighted by molar-refractivity contribution is -0.154. The van der Waals surface area contributed by atoms with E-state index in [1.807, 2.05) is 26.0 Å². The number of carbonyl (C=O) groups excluding carboxylic acids is 3. The number of ketones is 2. The normalized spacial score (nSPS) is 17.6. The molecular formula is C16H18O4. The maximum Gasteiger partial charge on any atom is 0.375 e. The molecule has 0 saturated heterocycles. The van der Waals surface area contributed by atoms with Crippen LogP contribution in [0.15, 0.2) is 12.1 Å². The third-order valence-electron chi connectivity index (χ3n) is 3.79. The zero-order valence-electron chi connectivity index (χ0n) is 12.0. The topological polar surface area (TPSA) is 60.4 Å². The van der Waals surface area contributed by atoms with Crippen LogP contribution in [0, 0.1) is 19.8 Å². The molecule has 106 valence electrons. The molecule has 1 aromatic carbocycles. The van der Waals surface area contributed by atoms with E-state index < -0.39 is 17.7 Å². The lowest BCUT2D eigenvalue weighted by Gasteiger charge is -2.24. The first-order valence-electron chi connectivity index (χ1n) is 6.81. The predicted molar refractivity (Wildman–Crippen MR) is 73.7 cm³/mol. The van der Waals surface area contributed by atoms with Crippen molar-refractivity contribution in [1.82, 2.24) is 0 Å². The van der Waals surface area contributed by atoms with Crippen molar-refractivity contribution in [2.24, 2.45) is 5.92 Å². The van der Waals surface area contributed by atoms with Gasteiger partial charge >= 0.3 is 5.97 Å². The van der Waals surface area contributed by atoms with Crippen LogP contribution in [0.3, 0.4) is 0 Å². The number of fused-ring (bicyclic) bond motifs is 1. The summed E-state index contributed by atoms with van der Waals surface area (Å²) < 4.78 is 4.71. The molecule has 4 heteroatoms. The van der Waals surface area contributed by atoms with Gasteiger partial charge in [-0.05, 0) is 50.3 Å². The Morgan fingerprint density at radius 1 is 1.25 bits per heavy atom. The highest BCUT2D eigenvalue weighted by Gasteiger charge is 2.37. The van der Waals surface area contributed by atoms with E-state index in [4.69, 9.17) is 4.74 Å². The molecule has 20 heavy (non-hydrogen) atoms. The highest BCUT2D eigenvalue weighted by atomic mass is 16.5. The molecule has 0 N–H and O–H groups in total. The minimum absolute atomic E-state index is 0.139. The Kier molecular flexibility index (Phi) is 4.02. The minimum Gasteiger partial charge on any atom is -0.460 e. The van der Waals surface area contributed by atoms with Gasteiger partial charge in [-0.2, -0.15) is 0 Å². The van der Waals surface area contributed by atoms with Gasteiger partial charge in [-0.1, -0.05) is 12.1 Å². The highest BCUT2D eigenvalue weighted by molar-refractivity contribution is 6.39. The second-order valence-corrected chi connectivity index (χ2v) is 5.09. The average Bonchev–Trinajstić information content (AvgIpc) is 2.42. The van der Waals surface area contributed by atoms with Crippen LogP contribution in [-0.4, -0.2) is 24.1 Å². The first kappa shape index (κ1) is 14.4. The van der Waals surface area contributed by atoms with Crippen LogP contribution >= 0.6 is 0 Å². The number of esters is 1. The molecule has 1 unspecified atom stereocenters. The fourth-order valence-electron chi connectivity index (χ4n) is 2.72. The fraction of sp³-hybridized carbons (Fsp3) is 0.438. The first-order valence-corrected chi connectivity index (χ1v) is 6.81. The summed E-state index contributed by atoms with van der Waals surface area (Å²) in [5.41, 5.74) is 3.53. The minimum atomic E-state index is -0.903. The number of hydrogen-bond donors (Lipinski definition) is 0. The van der Waals surface area contributed by atoms with Gasteiger partial charge in [0.05, 0.1) is 12.5 Å². The Hall–Kier alpha value is -1.97. The summed E-state index contributed by atoms with van der Waals surface area (Å²) in [6.07, 6.45) is 1.03. The summed E-state index contributed by atoms with van der Waals surface area (Å²) in [6, 6.07) is 3.86. The summed E-state index contributed by atoms with van der Waals surface area (Å²) in [6.45, 7) is 5.59. The van der Waals surface area contributed by atoms with E-state index in [-0.39, 0.29) is 12.4 Å². The van der Waals surface area contributed by atoms with Gasteiger partial charge in [0.25, 0.3) is 5.78 Å². The van der Waals surface area contributed by atoms with Crippen molar-refractivity contribution in [2.75, 3.05) is 6.61 Å². The Morgan fingerprint density at radius 2 is 1.90 bits per heavy atom. The average molecular weight is 274 g/mol. The van der Waals surface area contributed by atoms with Crippen LogP contribution in [0.4, 0.5) is 0 Å². The van der Waals surface area contributed by atoms with E-state index in [0.717, 1.165) is 16.7 Å². The zero-order valence-corrected chi connectivity index (χ0v) is 12.0.